The van der Waals surface area contributed by atoms with Gasteiger partial charge < -0.3 is 9.84 Å². The van der Waals surface area contributed by atoms with Gasteiger partial charge in [-0.25, -0.2) is 4.98 Å². The smallest absolute Gasteiger partial charge is 0.225 e. The first-order valence-corrected chi connectivity index (χ1v) is 8.12. The standard InChI is InChI=1S/C14H23N3O3S/c1-4-17(11(3)19)14-15-12(9-21-14)5-16-6-13(7-18)20-8-10(16)2/h9-10,13,18H,4-8H2,1-3H3. The summed E-state index contributed by atoms with van der Waals surface area (Å²) in [6, 6.07) is 0.299. The van der Waals surface area contributed by atoms with Gasteiger partial charge in [0.15, 0.2) is 5.13 Å². The fourth-order valence-corrected chi connectivity index (χ4v) is 3.32. The van der Waals surface area contributed by atoms with Crippen molar-refractivity contribution in [2.45, 2.75) is 39.5 Å². The van der Waals surface area contributed by atoms with E-state index in [1.54, 1.807) is 11.8 Å². The minimum Gasteiger partial charge on any atom is -0.394 e. The van der Waals surface area contributed by atoms with Crippen LogP contribution in [0, 0.1) is 0 Å². The lowest BCUT2D eigenvalue weighted by Crippen LogP contribution is -2.48. The Bertz CT molecular complexity index is 480. The average molecular weight is 313 g/mol. The number of morpholine rings is 1. The second-order valence-corrected chi connectivity index (χ2v) is 6.14. The van der Waals surface area contributed by atoms with Crippen LogP contribution in [0.4, 0.5) is 5.13 Å². The molecular formula is C14H23N3O3S. The number of aromatic nitrogens is 1. The zero-order valence-corrected chi connectivity index (χ0v) is 13.6. The minimum absolute atomic E-state index is 0.0125. The molecule has 1 aromatic heterocycles. The van der Waals surface area contributed by atoms with Crippen LogP contribution in [0.1, 0.15) is 26.5 Å². The van der Waals surface area contributed by atoms with Gasteiger partial charge in [-0.1, -0.05) is 0 Å². The maximum atomic E-state index is 11.5. The Morgan fingerprint density at radius 3 is 3.05 bits per heavy atom. The average Bonchev–Trinajstić information content (AvgIpc) is 2.90. The Labute approximate surface area is 129 Å². The second kappa shape index (κ2) is 7.31. The molecule has 118 valence electrons. The number of amides is 1. The van der Waals surface area contributed by atoms with Gasteiger partial charge in [-0.2, -0.15) is 0 Å². The number of aliphatic hydroxyl groups is 1. The van der Waals surface area contributed by atoms with Crippen molar-refractivity contribution in [2.75, 3.05) is 31.2 Å². The summed E-state index contributed by atoms with van der Waals surface area (Å²) in [6.45, 7) is 8.31. The fourth-order valence-electron chi connectivity index (χ4n) is 2.40. The van der Waals surface area contributed by atoms with E-state index in [2.05, 4.69) is 16.8 Å². The van der Waals surface area contributed by atoms with Crippen LogP contribution < -0.4 is 4.90 Å². The van der Waals surface area contributed by atoms with E-state index in [1.165, 1.54) is 11.3 Å². The Morgan fingerprint density at radius 2 is 2.43 bits per heavy atom. The number of aliphatic hydroxyl groups excluding tert-OH is 1. The molecule has 6 nitrogen and oxygen atoms in total. The highest BCUT2D eigenvalue weighted by Gasteiger charge is 2.26. The van der Waals surface area contributed by atoms with Crippen LogP contribution in [0.5, 0.6) is 0 Å². The highest BCUT2D eigenvalue weighted by Crippen LogP contribution is 2.23. The van der Waals surface area contributed by atoms with E-state index in [0.29, 0.717) is 32.3 Å². The van der Waals surface area contributed by atoms with Gasteiger partial charge in [-0.05, 0) is 13.8 Å². The highest BCUT2D eigenvalue weighted by molar-refractivity contribution is 7.14. The molecule has 1 saturated heterocycles. The summed E-state index contributed by atoms with van der Waals surface area (Å²) in [5, 5.41) is 12.0. The quantitative estimate of drug-likeness (QED) is 0.882. The lowest BCUT2D eigenvalue weighted by atomic mass is 10.2. The highest BCUT2D eigenvalue weighted by atomic mass is 32.1. The summed E-state index contributed by atoms with van der Waals surface area (Å²) >= 11 is 1.49. The number of nitrogens with zero attached hydrogens (tertiary/aromatic N) is 3. The maximum absolute atomic E-state index is 11.5. The van der Waals surface area contributed by atoms with E-state index in [4.69, 9.17) is 4.74 Å². The number of hydrogen-bond donors (Lipinski definition) is 1. The Morgan fingerprint density at radius 1 is 1.67 bits per heavy atom. The summed E-state index contributed by atoms with van der Waals surface area (Å²) in [5.41, 5.74) is 0.958. The molecule has 2 heterocycles. The minimum atomic E-state index is -0.122. The van der Waals surface area contributed by atoms with Crippen LogP contribution in [0.2, 0.25) is 0 Å². The molecule has 1 aromatic rings. The third kappa shape index (κ3) is 4.00. The van der Waals surface area contributed by atoms with E-state index in [-0.39, 0.29) is 18.6 Å². The molecule has 0 spiro atoms. The number of carbonyl (C=O) groups excluding carboxylic acids is 1. The normalized spacial score (nSPS) is 23.2. The first kappa shape index (κ1) is 16.4. The lowest BCUT2D eigenvalue weighted by Gasteiger charge is -2.36. The number of anilines is 1. The zero-order valence-electron chi connectivity index (χ0n) is 12.8. The molecule has 1 aliphatic rings. The number of thiazole rings is 1. The molecule has 7 heteroatoms. The van der Waals surface area contributed by atoms with Crippen molar-refractivity contribution in [2.24, 2.45) is 0 Å². The van der Waals surface area contributed by atoms with Gasteiger partial charge in [0.1, 0.15) is 0 Å². The van der Waals surface area contributed by atoms with Crippen LogP contribution in [0.15, 0.2) is 5.38 Å². The van der Waals surface area contributed by atoms with E-state index in [1.807, 2.05) is 12.3 Å². The van der Waals surface area contributed by atoms with Gasteiger partial charge in [0.2, 0.25) is 5.91 Å². The molecule has 1 fully saturated rings. The summed E-state index contributed by atoms with van der Waals surface area (Å²) in [4.78, 5) is 20.0. The van der Waals surface area contributed by atoms with Crippen LogP contribution in [-0.4, -0.2) is 59.3 Å². The monoisotopic (exact) mass is 313 g/mol. The largest absolute Gasteiger partial charge is 0.394 e. The fraction of sp³-hybridized carbons (Fsp3) is 0.714. The molecule has 0 saturated carbocycles. The van der Waals surface area contributed by atoms with Gasteiger partial charge in [0.25, 0.3) is 0 Å². The number of carbonyl (C=O) groups is 1. The predicted molar refractivity (Wildman–Crippen MR) is 82.5 cm³/mol. The first-order chi connectivity index (χ1) is 10.0. The molecule has 2 atom stereocenters. The SMILES string of the molecule is CCN(C(C)=O)c1nc(CN2CC(CO)OCC2C)cs1. The van der Waals surface area contributed by atoms with Crippen molar-refractivity contribution >= 4 is 22.4 Å². The van der Waals surface area contributed by atoms with Gasteiger partial charge in [-0.3, -0.25) is 14.6 Å². The Balaban J connectivity index is 2.02. The van der Waals surface area contributed by atoms with E-state index in [0.717, 1.165) is 10.8 Å². The second-order valence-electron chi connectivity index (χ2n) is 5.30. The molecule has 2 unspecified atom stereocenters. The van der Waals surface area contributed by atoms with Crippen molar-refractivity contribution in [1.82, 2.24) is 9.88 Å². The number of rotatable bonds is 5. The lowest BCUT2D eigenvalue weighted by molar-refractivity contribution is -0.116. The molecular weight excluding hydrogens is 290 g/mol. The Kier molecular flexibility index (Phi) is 5.69. The molecule has 1 amide bonds. The third-order valence-electron chi connectivity index (χ3n) is 3.67. The van der Waals surface area contributed by atoms with Gasteiger partial charge >= 0.3 is 0 Å². The predicted octanol–water partition coefficient (Wildman–Crippen LogP) is 1.10. The van der Waals surface area contributed by atoms with Crippen LogP contribution in [0.25, 0.3) is 0 Å². The van der Waals surface area contributed by atoms with E-state index < -0.39 is 0 Å². The molecule has 0 bridgehead atoms. The summed E-state index contributed by atoms with van der Waals surface area (Å²) in [5.74, 6) is 0.0125. The molecule has 2 rings (SSSR count). The molecule has 1 N–H and O–H groups in total. The topological polar surface area (TPSA) is 65.9 Å². The van der Waals surface area contributed by atoms with Crippen molar-refractivity contribution in [3.63, 3.8) is 0 Å². The third-order valence-corrected chi connectivity index (χ3v) is 4.58. The first-order valence-electron chi connectivity index (χ1n) is 7.24. The molecule has 1 aliphatic heterocycles. The molecule has 0 radical (unpaired) electrons. The van der Waals surface area contributed by atoms with Gasteiger partial charge in [0.05, 0.1) is 25.0 Å². The van der Waals surface area contributed by atoms with Crippen LogP contribution in [0.3, 0.4) is 0 Å². The summed E-state index contributed by atoms with van der Waals surface area (Å²) in [7, 11) is 0. The van der Waals surface area contributed by atoms with Gasteiger partial charge in [0, 0.05) is 38.0 Å². The van der Waals surface area contributed by atoms with E-state index >= 15 is 0 Å². The Hall–Kier alpha value is -1.02. The van der Waals surface area contributed by atoms with Crippen LogP contribution in [-0.2, 0) is 16.1 Å². The van der Waals surface area contributed by atoms with E-state index in [9.17, 15) is 9.90 Å². The van der Waals surface area contributed by atoms with Crippen molar-refractivity contribution in [1.29, 1.82) is 0 Å². The number of hydrogen-bond acceptors (Lipinski definition) is 6. The zero-order chi connectivity index (χ0) is 15.4. The summed E-state index contributed by atoms with van der Waals surface area (Å²) in [6.07, 6.45) is -0.122. The van der Waals surface area contributed by atoms with Crippen molar-refractivity contribution in [3.05, 3.63) is 11.1 Å². The summed E-state index contributed by atoms with van der Waals surface area (Å²) < 4.78 is 5.54. The van der Waals surface area contributed by atoms with Crippen molar-refractivity contribution < 1.29 is 14.6 Å². The van der Waals surface area contributed by atoms with Crippen molar-refractivity contribution in [3.8, 4) is 0 Å². The molecule has 0 aliphatic carbocycles. The molecule has 0 aromatic carbocycles. The van der Waals surface area contributed by atoms with Crippen LogP contribution >= 0.6 is 11.3 Å². The maximum Gasteiger partial charge on any atom is 0.225 e. The van der Waals surface area contributed by atoms with Gasteiger partial charge in [-0.15, -0.1) is 11.3 Å². The molecule has 21 heavy (non-hydrogen) atoms. The number of ether oxygens (including phenoxy) is 1.